The topological polar surface area (TPSA) is 140 Å². The molecule has 2 aromatic heterocycles. The first-order valence-electron chi connectivity index (χ1n) is 15.9. The molecule has 13 nitrogen and oxygen atoms in total. The molecule has 2 aliphatic rings. The fraction of sp³-hybridized carbons (Fsp3) is 0.382. The Labute approximate surface area is 293 Å². The number of methoxy groups -OCH3 is 1. The molecule has 2 fully saturated rings. The van der Waals surface area contributed by atoms with E-state index in [2.05, 4.69) is 20.6 Å². The van der Waals surface area contributed by atoms with Crippen molar-refractivity contribution in [3.8, 4) is 11.8 Å². The van der Waals surface area contributed by atoms with E-state index < -0.39 is 6.10 Å². The van der Waals surface area contributed by atoms with Crippen LogP contribution in [0.1, 0.15) is 24.1 Å². The number of nitrogens with zero attached hydrogens (tertiary/aromatic N) is 5. The van der Waals surface area contributed by atoms with E-state index in [1.165, 1.54) is 4.90 Å². The number of aromatic nitrogens is 3. The van der Waals surface area contributed by atoms with Crippen molar-refractivity contribution in [3.05, 3.63) is 76.0 Å². The molecular weight excluding hydrogens is 673 g/mol. The summed E-state index contributed by atoms with van der Waals surface area (Å²) in [6.07, 6.45) is 3.08. The molecule has 2 N–H and O–H groups in total. The summed E-state index contributed by atoms with van der Waals surface area (Å²) in [6.45, 7) is 1.40. The van der Waals surface area contributed by atoms with Crippen LogP contribution in [0.5, 0.6) is 11.8 Å². The van der Waals surface area contributed by atoms with Gasteiger partial charge in [0.15, 0.2) is 0 Å². The second kappa shape index (κ2) is 15.4. The van der Waals surface area contributed by atoms with Gasteiger partial charge in [-0.2, -0.15) is 4.98 Å². The van der Waals surface area contributed by atoms with Gasteiger partial charge in [-0.15, -0.1) is 0 Å². The highest BCUT2D eigenvalue weighted by molar-refractivity contribution is 6.38. The maximum absolute atomic E-state index is 13.1. The van der Waals surface area contributed by atoms with Crippen molar-refractivity contribution in [1.82, 2.24) is 30.1 Å². The second-order valence-corrected chi connectivity index (χ2v) is 12.7. The van der Waals surface area contributed by atoms with Gasteiger partial charge in [0, 0.05) is 43.0 Å². The summed E-state index contributed by atoms with van der Waals surface area (Å²) < 4.78 is 19.3. The van der Waals surface area contributed by atoms with Gasteiger partial charge < -0.3 is 29.7 Å². The van der Waals surface area contributed by atoms with Gasteiger partial charge in [0.1, 0.15) is 24.0 Å². The van der Waals surface area contributed by atoms with Gasteiger partial charge in [0.2, 0.25) is 11.8 Å². The van der Waals surface area contributed by atoms with E-state index in [0.29, 0.717) is 59.8 Å². The van der Waals surface area contributed by atoms with Gasteiger partial charge in [-0.25, -0.2) is 0 Å². The van der Waals surface area contributed by atoms with E-state index >= 15 is 0 Å². The number of hydrogen-bond donors (Lipinski definition) is 2. The summed E-state index contributed by atoms with van der Waals surface area (Å²) >= 11 is 13.4. The first-order valence-corrected chi connectivity index (χ1v) is 16.7. The predicted molar refractivity (Wildman–Crippen MR) is 184 cm³/mol. The lowest BCUT2D eigenvalue weighted by atomic mass is 10.2. The summed E-state index contributed by atoms with van der Waals surface area (Å²) in [5.74, 6) is -0.382. The number of hydrogen-bond acceptors (Lipinski definition) is 9. The van der Waals surface area contributed by atoms with E-state index in [9.17, 15) is 14.4 Å². The van der Waals surface area contributed by atoms with Crippen LogP contribution in [0.25, 0.3) is 11.0 Å². The molecule has 0 bridgehead atoms. The number of amides is 3. The van der Waals surface area contributed by atoms with Crippen LogP contribution in [-0.2, 0) is 32.3 Å². The number of pyridine rings is 1. The number of ether oxygens (including phenoxy) is 3. The van der Waals surface area contributed by atoms with Crippen LogP contribution in [-0.4, -0.2) is 96.2 Å². The van der Waals surface area contributed by atoms with Crippen LogP contribution in [0.2, 0.25) is 10.0 Å². The Morgan fingerprint density at radius 2 is 1.94 bits per heavy atom. The number of para-hydroxylation sites is 1. The van der Waals surface area contributed by atoms with E-state index in [-0.39, 0.29) is 48.5 Å². The zero-order chi connectivity index (χ0) is 34.5. The first-order chi connectivity index (χ1) is 23.7. The molecule has 6 rings (SSSR count). The average molecular weight is 711 g/mol. The standard InChI is InChI=1S/C34H37Cl2N7O6/c1-41(30(45)16-38-29(44)19-42-14-15-48-28(18-42)33(46)39-21-9-10-21)25-12-11-24(35)23(31(25)36)20-49-27-8-5-7-26-32(27)40-34(47-2)43(26)17-22-6-3-4-13-37-22/h3-8,11-13,21,28H,9-10,14-20H2,1-2H3,(H,38,44)(H,39,46)/t28-/m1/s1. The molecule has 3 amide bonds. The highest BCUT2D eigenvalue weighted by Gasteiger charge is 2.32. The highest BCUT2D eigenvalue weighted by Crippen LogP contribution is 2.36. The van der Waals surface area contributed by atoms with Gasteiger partial charge in [0.25, 0.3) is 11.9 Å². The lowest BCUT2D eigenvalue weighted by Gasteiger charge is -2.31. The lowest BCUT2D eigenvalue weighted by molar-refractivity contribution is -0.140. The number of fused-ring (bicyclic) bond motifs is 1. The van der Waals surface area contributed by atoms with E-state index in [1.807, 2.05) is 39.8 Å². The van der Waals surface area contributed by atoms with Crippen molar-refractivity contribution in [3.63, 3.8) is 0 Å². The number of carbonyl (C=O) groups excluding carboxylic acids is 3. The number of rotatable bonds is 13. The van der Waals surface area contributed by atoms with Crippen molar-refractivity contribution in [1.29, 1.82) is 0 Å². The molecule has 1 aliphatic heterocycles. The van der Waals surface area contributed by atoms with Gasteiger partial charge in [-0.1, -0.05) is 35.3 Å². The maximum atomic E-state index is 13.1. The molecule has 49 heavy (non-hydrogen) atoms. The maximum Gasteiger partial charge on any atom is 0.297 e. The second-order valence-electron chi connectivity index (χ2n) is 11.9. The van der Waals surface area contributed by atoms with Gasteiger partial charge >= 0.3 is 0 Å². The van der Waals surface area contributed by atoms with Crippen molar-refractivity contribution in [2.24, 2.45) is 0 Å². The van der Waals surface area contributed by atoms with Crippen molar-refractivity contribution >= 4 is 57.6 Å². The molecule has 0 radical (unpaired) electrons. The number of anilines is 1. The third-order valence-corrected chi connectivity index (χ3v) is 9.16. The minimum Gasteiger partial charge on any atom is -0.486 e. The van der Waals surface area contributed by atoms with Crippen molar-refractivity contribution in [2.45, 2.75) is 38.1 Å². The summed E-state index contributed by atoms with van der Waals surface area (Å²) in [6, 6.07) is 15.2. The molecular formula is C34H37Cl2N7O6. The number of carbonyl (C=O) groups is 3. The molecule has 1 aliphatic carbocycles. The first kappa shape index (κ1) is 34.4. The molecule has 1 saturated carbocycles. The number of morpholine rings is 1. The Kier molecular flexibility index (Phi) is 10.8. The zero-order valence-corrected chi connectivity index (χ0v) is 28.7. The quantitative estimate of drug-likeness (QED) is 0.214. The Morgan fingerprint density at radius 1 is 1.10 bits per heavy atom. The minimum atomic E-state index is -0.620. The third-order valence-electron chi connectivity index (χ3n) is 8.38. The van der Waals surface area contributed by atoms with E-state index in [1.54, 1.807) is 38.6 Å². The SMILES string of the molecule is COc1nc2c(OCc3c(Cl)ccc(N(C)C(=O)CNC(=O)CN4CCO[C@@H](C(=O)NC5CC5)C4)c3Cl)cccc2n1Cc1ccccn1. The average Bonchev–Trinajstić information content (AvgIpc) is 3.86. The predicted octanol–water partition coefficient (Wildman–Crippen LogP) is 3.43. The molecule has 1 saturated heterocycles. The summed E-state index contributed by atoms with van der Waals surface area (Å²) in [4.78, 5) is 50.5. The molecule has 4 aromatic rings. The largest absolute Gasteiger partial charge is 0.486 e. The third kappa shape index (κ3) is 8.24. The normalized spacial score (nSPS) is 16.3. The Hall–Kier alpha value is -4.43. The molecule has 0 spiro atoms. The highest BCUT2D eigenvalue weighted by atomic mass is 35.5. The zero-order valence-electron chi connectivity index (χ0n) is 27.2. The van der Waals surface area contributed by atoms with Gasteiger partial charge in [-0.3, -0.25) is 28.8 Å². The van der Waals surface area contributed by atoms with Gasteiger partial charge in [-0.05, 0) is 49.2 Å². The van der Waals surface area contributed by atoms with E-state index in [4.69, 9.17) is 37.4 Å². The molecule has 258 valence electrons. The number of likely N-dealkylation sites (N-methyl/N-ethyl adjacent to an activating group) is 1. The lowest BCUT2D eigenvalue weighted by Crippen LogP contribution is -2.52. The Bertz CT molecular complexity index is 1830. The van der Waals surface area contributed by atoms with Gasteiger partial charge in [0.05, 0.1) is 55.3 Å². The fourth-order valence-corrected chi connectivity index (χ4v) is 6.12. The Morgan fingerprint density at radius 3 is 2.69 bits per heavy atom. The molecule has 3 heterocycles. The number of nitrogens with one attached hydrogen (secondary N) is 2. The number of imidazole rings is 1. The Balaban J connectivity index is 1.07. The van der Waals surface area contributed by atoms with Crippen LogP contribution in [0, 0.1) is 0 Å². The summed E-state index contributed by atoms with van der Waals surface area (Å²) in [5.41, 5.74) is 3.12. The number of halogens is 2. The van der Waals surface area contributed by atoms with Crippen molar-refractivity contribution in [2.75, 3.05) is 51.8 Å². The van der Waals surface area contributed by atoms with E-state index in [0.717, 1.165) is 24.1 Å². The number of benzene rings is 2. The fourth-order valence-electron chi connectivity index (χ4n) is 5.52. The monoisotopic (exact) mass is 709 g/mol. The van der Waals surface area contributed by atoms with Crippen LogP contribution in [0.15, 0.2) is 54.7 Å². The van der Waals surface area contributed by atoms with Crippen LogP contribution < -0.4 is 25.0 Å². The van der Waals surface area contributed by atoms with Crippen LogP contribution in [0.3, 0.4) is 0 Å². The summed E-state index contributed by atoms with van der Waals surface area (Å²) in [7, 11) is 3.13. The molecule has 2 aromatic carbocycles. The smallest absolute Gasteiger partial charge is 0.297 e. The van der Waals surface area contributed by atoms with Crippen molar-refractivity contribution < 1.29 is 28.6 Å². The molecule has 1 atom stereocenters. The minimum absolute atomic E-state index is 0.00196. The summed E-state index contributed by atoms with van der Waals surface area (Å²) in [5, 5.41) is 6.21. The molecule has 0 unspecified atom stereocenters. The van der Waals surface area contributed by atoms with Crippen LogP contribution in [0.4, 0.5) is 5.69 Å². The van der Waals surface area contributed by atoms with Crippen LogP contribution >= 0.6 is 23.2 Å². The molecule has 15 heteroatoms.